The van der Waals surface area contributed by atoms with Gasteiger partial charge in [0.05, 0.1) is 0 Å². The Balaban J connectivity index is 1.12. The molecule has 0 aliphatic rings. The molecule has 0 N–H and O–H groups in total. The summed E-state index contributed by atoms with van der Waals surface area (Å²) in [5, 5.41) is 0. The molecule has 0 unspecified atom stereocenters. The second kappa shape index (κ2) is 11.9. The lowest BCUT2D eigenvalue weighted by molar-refractivity contribution is 1.19. The molecule has 0 bridgehead atoms. The van der Waals surface area contributed by atoms with Gasteiger partial charge in [0, 0.05) is 18.4 Å². The average molecular weight is 516 g/mol. The van der Waals surface area contributed by atoms with Gasteiger partial charge in [-0.05, 0) is 81.6 Å². The molecule has 0 radical (unpaired) electrons. The first-order valence-electron chi connectivity index (χ1n) is 13.9. The van der Waals surface area contributed by atoms with Crippen LogP contribution in [0.3, 0.4) is 0 Å². The fourth-order valence-corrected chi connectivity index (χ4v) is 5.24. The van der Waals surface area contributed by atoms with Gasteiger partial charge in [-0.3, -0.25) is 0 Å². The smallest absolute Gasteiger partial charge is 0.0408 e. The predicted octanol–water partition coefficient (Wildman–Crippen LogP) is 9.97. The van der Waals surface area contributed by atoms with Crippen molar-refractivity contribution in [3.8, 4) is 22.3 Å². The second-order valence-corrected chi connectivity index (χ2v) is 10.4. The van der Waals surface area contributed by atoms with Crippen molar-refractivity contribution in [2.75, 3.05) is 11.9 Å². The van der Waals surface area contributed by atoms with E-state index in [2.05, 4.69) is 170 Å². The molecule has 0 saturated carbocycles. The first-order valence-corrected chi connectivity index (χ1v) is 13.9. The van der Waals surface area contributed by atoms with Crippen LogP contribution in [0.25, 0.3) is 22.3 Å². The Labute approximate surface area is 238 Å². The van der Waals surface area contributed by atoms with Gasteiger partial charge >= 0.3 is 0 Å². The normalized spacial score (nSPS) is 10.8. The third-order valence-electron chi connectivity index (χ3n) is 7.56. The number of rotatable bonds is 8. The first-order chi connectivity index (χ1) is 19.7. The van der Waals surface area contributed by atoms with Crippen molar-refractivity contribution >= 4 is 11.4 Å². The largest absolute Gasteiger partial charge is 0.345 e. The van der Waals surface area contributed by atoms with Gasteiger partial charge in [0.1, 0.15) is 0 Å². The Hall–Kier alpha value is -4.88. The Morgan fingerprint density at radius 2 is 0.750 bits per heavy atom. The van der Waals surface area contributed by atoms with Gasteiger partial charge in [-0.1, -0.05) is 133 Å². The molecule has 6 rings (SSSR count). The molecule has 0 fully saturated rings. The predicted molar refractivity (Wildman–Crippen MR) is 170 cm³/mol. The van der Waals surface area contributed by atoms with Crippen molar-refractivity contribution < 1.29 is 0 Å². The van der Waals surface area contributed by atoms with Crippen molar-refractivity contribution in [1.29, 1.82) is 0 Å². The summed E-state index contributed by atoms with van der Waals surface area (Å²) in [7, 11) is 2.13. The van der Waals surface area contributed by atoms with Crippen LogP contribution in [0.4, 0.5) is 11.4 Å². The highest BCUT2D eigenvalue weighted by atomic mass is 15.1. The molecule has 0 saturated heterocycles. The van der Waals surface area contributed by atoms with Gasteiger partial charge in [0.15, 0.2) is 0 Å². The summed E-state index contributed by atoms with van der Waals surface area (Å²) in [5.41, 5.74) is 12.6. The maximum atomic E-state index is 2.30. The van der Waals surface area contributed by atoms with E-state index in [1.165, 1.54) is 55.9 Å². The minimum Gasteiger partial charge on any atom is -0.345 e. The third kappa shape index (κ3) is 6.06. The lowest BCUT2D eigenvalue weighted by Gasteiger charge is -2.20. The Morgan fingerprint density at radius 3 is 1.27 bits per heavy atom. The van der Waals surface area contributed by atoms with Gasteiger partial charge in [0.2, 0.25) is 0 Å². The van der Waals surface area contributed by atoms with Gasteiger partial charge in [0.25, 0.3) is 0 Å². The summed E-state index contributed by atoms with van der Waals surface area (Å²) in [6.07, 6.45) is 1.91. The van der Waals surface area contributed by atoms with Gasteiger partial charge in [-0.15, -0.1) is 0 Å². The van der Waals surface area contributed by atoms with E-state index in [1.807, 2.05) is 0 Å². The molecular formula is C39H33N. The van der Waals surface area contributed by atoms with Crippen LogP contribution < -0.4 is 4.90 Å². The summed E-state index contributed by atoms with van der Waals surface area (Å²) in [6, 6.07) is 56.8. The fourth-order valence-electron chi connectivity index (χ4n) is 5.24. The van der Waals surface area contributed by atoms with Crippen LogP contribution in [-0.4, -0.2) is 7.05 Å². The number of hydrogen-bond donors (Lipinski definition) is 0. The topological polar surface area (TPSA) is 3.24 Å². The number of anilines is 2. The van der Waals surface area contributed by atoms with Crippen molar-refractivity contribution in [2.24, 2.45) is 0 Å². The highest BCUT2D eigenvalue weighted by molar-refractivity contribution is 5.72. The van der Waals surface area contributed by atoms with Crippen LogP contribution >= 0.6 is 0 Å². The summed E-state index contributed by atoms with van der Waals surface area (Å²) in [4.78, 5) is 2.24. The molecule has 40 heavy (non-hydrogen) atoms. The number of hydrogen-bond acceptors (Lipinski definition) is 1. The molecule has 6 aromatic rings. The molecule has 1 heteroatoms. The third-order valence-corrected chi connectivity index (χ3v) is 7.56. The van der Waals surface area contributed by atoms with E-state index < -0.39 is 0 Å². The van der Waals surface area contributed by atoms with Crippen LogP contribution in [0.1, 0.15) is 22.3 Å². The lowest BCUT2D eigenvalue weighted by atomic mass is 9.99. The van der Waals surface area contributed by atoms with E-state index in [0.29, 0.717) is 0 Å². The zero-order valence-electron chi connectivity index (χ0n) is 22.9. The SMILES string of the molecule is CN(c1ccc(-c2ccc(Cc3ccccc3)cc2)cc1)c1ccc(-c2cccc(Cc3ccccc3)c2)cc1. The molecule has 0 spiro atoms. The molecule has 0 atom stereocenters. The molecule has 194 valence electrons. The van der Waals surface area contributed by atoms with Gasteiger partial charge < -0.3 is 4.90 Å². The standard InChI is InChI=1S/C39H33N/c1-40(38-23-19-35(20-24-38)34-17-15-32(16-18-34)27-30-9-4-2-5-10-30)39-25-21-36(22-26-39)37-14-8-13-33(29-37)28-31-11-6-3-7-12-31/h2-26,29H,27-28H2,1H3. The lowest BCUT2D eigenvalue weighted by Crippen LogP contribution is -2.08. The van der Waals surface area contributed by atoms with E-state index in [4.69, 9.17) is 0 Å². The van der Waals surface area contributed by atoms with Crippen LogP contribution in [0.15, 0.2) is 158 Å². The number of nitrogens with zero attached hydrogens (tertiary/aromatic N) is 1. The molecule has 0 aliphatic carbocycles. The van der Waals surface area contributed by atoms with E-state index in [-0.39, 0.29) is 0 Å². The highest BCUT2D eigenvalue weighted by Crippen LogP contribution is 2.30. The zero-order valence-corrected chi connectivity index (χ0v) is 22.9. The molecular weight excluding hydrogens is 482 g/mol. The van der Waals surface area contributed by atoms with Crippen LogP contribution in [0, 0.1) is 0 Å². The Morgan fingerprint density at radius 1 is 0.350 bits per heavy atom. The monoisotopic (exact) mass is 515 g/mol. The van der Waals surface area contributed by atoms with E-state index in [9.17, 15) is 0 Å². The van der Waals surface area contributed by atoms with E-state index in [0.717, 1.165) is 12.8 Å². The molecule has 0 aliphatic heterocycles. The maximum absolute atomic E-state index is 2.30. The van der Waals surface area contributed by atoms with Crippen molar-refractivity contribution in [3.63, 3.8) is 0 Å². The molecule has 6 aromatic carbocycles. The average Bonchev–Trinajstić information content (AvgIpc) is 3.02. The summed E-state index contributed by atoms with van der Waals surface area (Å²) in [5.74, 6) is 0. The Kier molecular flexibility index (Phi) is 7.55. The van der Waals surface area contributed by atoms with E-state index >= 15 is 0 Å². The van der Waals surface area contributed by atoms with Crippen molar-refractivity contribution in [1.82, 2.24) is 0 Å². The van der Waals surface area contributed by atoms with Gasteiger partial charge in [-0.2, -0.15) is 0 Å². The molecule has 0 heterocycles. The zero-order chi connectivity index (χ0) is 27.1. The van der Waals surface area contributed by atoms with Crippen LogP contribution in [-0.2, 0) is 12.8 Å². The van der Waals surface area contributed by atoms with Crippen LogP contribution in [0.2, 0.25) is 0 Å². The maximum Gasteiger partial charge on any atom is 0.0408 e. The fraction of sp³-hybridized carbons (Fsp3) is 0.0769. The first kappa shape index (κ1) is 25.4. The van der Waals surface area contributed by atoms with Crippen molar-refractivity contribution in [3.05, 3.63) is 180 Å². The Bertz CT molecular complexity index is 1650. The molecule has 0 aromatic heterocycles. The number of benzene rings is 6. The summed E-state index contributed by atoms with van der Waals surface area (Å²) in [6.45, 7) is 0. The molecule has 0 amide bonds. The van der Waals surface area contributed by atoms with Gasteiger partial charge in [-0.25, -0.2) is 0 Å². The molecule has 1 nitrogen and oxygen atoms in total. The second-order valence-electron chi connectivity index (χ2n) is 10.4. The summed E-state index contributed by atoms with van der Waals surface area (Å²) >= 11 is 0. The van der Waals surface area contributed by atoms with Crippen LogP contribution in [0.5, 0.6) is 0 Å². The summed E-state index contributed by atoms with van der Waals surface area (Å²) < 4.78 is 0. The highest BCUT2D eigenvalue weighted by Gasteiger charge is 2.07. The van der Waals surface area contributed by atoms with E-state index in [1.54, 1.807) is 0 Å². The minimum absolute atomic E-state index is 0.948. The quantitative estimate of drug-likeness (QED) is 0.195. The minimum atomic E-state index is 0.948. The van der Waals surface area contributed by atoms with Crippen molar-refractivity contribution in [2.45, 2.75) is 12.8 Å².